The van der Waals surface area contributed by atoms with Crippen LogP contribution in [0.2, 0.25) is 0 Å². The predicted octanol–water partition coefficient (Wildman–Crippen LogP) is 3.74. The van der Waals surface area contributed by atoms with Gasteiger partial charge in [0.15, 0.2) is 5.78 Å². The van der Waals surface area contributed by atoms with Crippen LogP contribution in [0.4, 0.5) is 0 Å². The first-order valence-electron chi connectivity index (χ1n) is 8.79. The summed E-state index contributed by atoms with van der Waals surface area (Å²) in [4.78, 5) is 11.9. The van der Waals surface area contributed by atoms with E-state index in [2.05, 4.69) is 20.8 Å². The normalized spacial score (nSPS) is 55.7. The molecule has 0 aliphatic heterocycles. The quantitative estimate of drug-likeness (QED) is 0.737. The fraction of sp³-hybridized carbons (Fsp3) is 0.842. The molecule has 116 valence electrons. The first-order chi connectivity index (χ1) is 9.83. The third kappa shape index (κ3) is 1.72. The van der Waals surface area contributed by atoms with E-state index in [0.717, 1.165) is 25.7 Å². The van der Waals surface area contributed by atoms with Crippen molar-refractivity contribution in [2.75, 3.05) is 0 Å². The van der Waals surface area contributed by atoms with Crippen molar-refractivity contribution in [1.29, 1.82) is 0 Å². The Bertz CT molecular complexity index is 518. The summed E-state index contributed by atoms with van der Waals surface area (Å²) in [6.07, 6.45) is 8.31. The van der Waals surface area contributed by atoms with Crippen LogP contribution >= 0.6 is 0 Å². The van der Waals surface area contributed by atoms with E-state index in [4.69, 9.17) is 0 Å². The first kappa shape index (κ1) is 14.0. The molecule has 0 aromatic carbocycles. The third-order valence-electron chi connectivity index (χ3n) is 7.92. The van der Waals surface area contributed by atoms with E-state index in [1.807, 2.05) is 6.08 Å². The van der Waals surface area contributed by atoms with Gasteiger partial charge < -0.3 is 5.11 Å². The minimum absolute atomic E-state index is 0.0895. The van der Waals surface area contributed by atoms with Crippen LogP contribution in [0.15, 0.2) is 11.6 Å². The molecule has 4 aliphatic rings. The summed E-state index contributed by atoms with van der Waals surface area (Å²) in [5.41, 5.74) is 1.04. The fourth-order valence-corrected chi connectivity index (χ4v) is 6.62. The Morgan fingerprint density at radius 1 is 1.19 bits per heavy atom. The zero-order valence-corrected chi connectivity index (χ0v) is 13.6. The van der Waals surface area contributed by atoms with E-state index in [1.165, 1.54) is 18.4 Å². The van der Waals surface area contributed by atoms with Gasteiger partial charge in [0.1, 0.15) is 0 Å². The van der Waals surface area contributed by atoms with E-state index in [1.54, 1.807) is 0 Å². The van der Waals surface area contributed by atoms with E-state index in [9.17, 15) is 9.90 Å². The Labute approximate surface area is 128 Å². The SMILES string of the molecule is C[C@@H]1CC2=CC(=O)C[C@@H]2[C@H]2CC[C@@]3(C)[C@@H](CC[C@]3(C)O)[C@@H]21. The van der Waals surface area contributed by atoms with E-state index in [0.29, 0.717) is 35.4 Å². The number of ketones is 1. The lowest BCUT2D eigenvalue weighted by Crippen LogP contribution is -2.52. The van der Waals surface area contributed by atoms with Crippen molar-refractivity contribution in [3.63, 3.8) is 0 Å². The Kier molecular flexibility index (Phi) is 2.81. The van der Waals surface area contributed by atoms with E-state index < -0.39 is 5.60 Å². The molecule has 4 aliphatic carbocycles. The van der Waals surface area contributed by atoms with Crippen molar-refractivity contribution in [2.24, 2.45) is 35.0 Å². The lowest BCUT2D eigenvalue weighted by molar-refractivity contribution is -0.121. The molecule has 2 nitrogen and oxygen atoms in total. The van der Waals surface area contributed by atoms with Gasteiger partial charge in [-0.05, 0) is 80.1 Å². The molecule has 7 atom stereocenters. The molecule has 0 unspecified atom stereocenters. The lowest BCUT2D eigenvalue weighted by atomic mass is 9.49. The van der Waals surface area contributed by atoms with Gasteiger partial charge in [-0.25, -0.2) is 0 Å². The second kappa shape index (κ2) is 4.22. The van der Waals surface area contributed by atoms with Gasteiger partial charge in [-0.2, -0.15) is 0 Å². The number of carbonyl (C=O) groups excluding carboxylic acids is 1. The van der Waals surface area contributed by atoms with Crippen LogP contribution in [0.1, 0.15) is 59.3 Å². The minimum Gasteiger partial charge on any atom is -0.390 e. The smallest absolute Gasteiger partial charge is 0.156 e. The predicted molar refractivity (Wildman–Crippen MR) is 82.6 cm³/mol. The molecule has 1 N–H and O–H groups in total. The van der Waals surface area contributed by atoms with Gasteiger partial charge in [0.05, 0.1) is 5.60 Å². The highest BCUT2D eigenvalue weighted by molar-refractivity contribution is 5.93. The van der Waals surface area contributed by atoms with E-state index >= 15 is 0 Å². The zero-order valence-electron chi connectivity index (χ0n) is 13.6. The molecule has 0 heterocycles. The largest absolute Gasteiger partial charge is 0.390 e. The Morgan fingerprint density at radius 2 is 1.95 bits per heavy atom. The van der Waals surface area contributed by atoms with Crippen LogP contribution < -0.4 is 0 Å². The zero-order chi connectivity index (χ0) is 15.0. The highest BCUT2D eigenvalue weighted by atomic mass is 16.3. The molecular weight excluding hydrogens is 260 g/mol. The van der Waals surface area contributed by atoms with Crippen molar-refractivity contribution in [3.05, 3.63) is 11.6 Å². The number of fused-ring (bicyclic) bond motifs is 5. The summed E-state index contributed by atoms with van der Waals surface area (Å²) < 4.78 is 0. The van der Waals surface area contributed by atoms with Crippen LogP contribution in [0, 0.1) is 35.0 Å². The van der Waals surface area contributed by atoms with Crippen molar-refractivity contribution < 1.29 is 9.90 Å². The Balaban J connectivity index is 1.70. The molecule has 0 bridgehead atoms. The number of hydrogen-bond donors (Lipinski definition) is 1. The summed E-state index contributed by atoms with van der Waals surface area (Å²) in [7, 11) is 0. The van der Waals surface area contributed by atoms with E-state index in [-0.39, 0.29) is 5.41 Å². The van der Waals surface area contributed by atoms with Crippen molar-refractivity contribution in [1.82, 2.24) is 0 Å². The fourth-order valence-electron chi connectivity index (χ4n) is 6.62. The van der Waals surface area contributed by atoms with Crippen molar-refractivity contribution >= 4 is 5.78 Å². The van der Waals surface area contributed by atoms with Crippen molar-refractivity contribution in [3.8, 4) is 0 Å². The second-order valence-electron chi connectivity index (χ2n) is 8.79. The molecule has 3 fully saturated rings. The number of hydrogen-bond acceptors (Lipinski definition) is 2. The summed E-state index contributed by atoms with van der Waals surface area (Å²) in [5, 5.41) is 10.9. The van der Waals surface area contributed by atoms with Gasteiger partial charge >= 0.3 is 0 Å². The van der Waals surface area contributed by atoms with Crippen LogP contribution in [0.3, 0.4) is 0 Å². The molecule has 0 aromatic rings. The summed E-state index contributed by atoms with van der Waals surface area (Å²) >= 11 is 0. The molecule has 0 radical (unpaired) electrons. The third-order valence-corrected chi connectivity index (χ3v) is 7.92. The van der Waals surface area contributed by atoms with Crippen molar-refractivity contribution in [2.45, 2.75) is 64.9 Å². The number of rotatable bonds is 0. The van der Waals surface area contributed by atoms with Gasteiger partial charge in [0.2, 0.25) is 0 Å². The highest BCUT2D eigenvalue weighted by Gasteiger charge is 2.61. The lowest BCUT2D eigenvalue weighted by Gasteiger charge is -2.56. The summed E-state index contributed by atoms with van der Waals surface area (Å²) in [6.45, 7) is 6.78. The van der Waals surface area contributed by atoms with Crippen LogP contribution in [0.25, 0.3) is 0 Å². The number of allylic oxidation sites excluding steroid dienone is 2. The standard InChI is InChI=1S/C19H28O2/c1-11-8-12-9-13(20)10-15(12)14-4-6-18(2)16(17(11)14)5-7-19(18,3)21/h9,11,14-17,21H,4-8,10H2,1-3H3/t11-,14-,15+,16+,17-,18+,19+/m1/s1. The van der Waals surface area contributed by atoms with Gasteiger partial charge in [-0.3, -0.25) is 4.79 Å². The maximum atomic E-state index is 11.9. The summed E-state index contributed by atoms with van der Waals surface area (Å²) in [6, 6.07) is 0. The van der Waals surface area contributed by atoms with Crippen LogP contribution in [0.5, 0.6) is 0 Å². The van der Waals surface area contributed by atoms with Gasteiger partial charge in [-0.1, -0.05) is 19.4 Å². The average molecular weight is 288 g/mol. The average Bonchev–Trinajstić information content (AvgIpc) is 2.87. The maximum absolute atomic E-state index is 11.9. The second-order valence-corrected chi connectivity index (χ2v) is 8.79. The van der Waals surface area contributed by atoms with Gasteiger partial charge in [-0.15, -0.1) is 0 Å². The molecule has 4 rings (SSSR count). The molecule has 2 heteroatoms. The molecule has 21 heavy (non-hydrogen) atoms. The Morgan fingerprint density at radius 3 is 2.71 bits per heavy atom. The van der Waals surface area contributed by atoms with Gasteiger partial charge in [0.25, 0.3) is 0 Å². The highest BCUT2D eigenvalue weighted by Crippen LogP contribution is 2.65. The monoisotopic (exact) mass is 288 g/mol. The molecule has 0 aromatic heterocycles. The molecule has 0 saturated heterocycles. The molecule has 3 saturated carbocycles. The van der Waals surface area contributed by atoms with Crippen LogP contribution in [-0.2, 0) is 4.79 Å². The first-order valence-corrected chi connectivity index (χ1v) is 8.79. The number of aliphatic hydroxyl groups is 1. The topological polar surface area (TPSA) is 37.3 Å². The number of carbonyl (C=O) groups is 1. The van der Waals surface area contributed by atoms with Crippen LogP contribution in [-0.4, -0.2) is 16.5 Å². The summed E-state index contributed by atoms with van der Waals surface area (Å²) in [5.74, 6) is 3.62. The maximum Gasteiger partial charge on any atom is 0.156 e. The van der Waals surface area contributed by atoms with Gasteiger partial charge in [0, 0.05) is 6.42 Å². The minimum atomic E-state index is -0.496. The molecule has 0 amide bonds. The molecule has 0 spiro atoms. The molecular formula is C19H28O2. The Hall–Kier alpha value is -0.630.